The molecule has 0 spiro atoms. The number of hydrogen-bond acceptors (Lipinski definition) is 6. The Bertz CT molecular complexity index is 1210. The van der Waals surface area contributed by atoms with Crippen molar-refractivity contribution in [2.24, 2.45) is 0 Å². The maximum Gasteiger partial charge on any atom is 0.243 e. The van der Waals surface area contributed by atoms with Crippen LogP contribution in [0.3, 0.4) is 0 Å². The number of sulfonamides is 1. The van der Waals surface area contributed by atoms with Crippen molar-refractivity contribution in [3.05, 3.63) is 54.1 Å². The molecular formula is C30H43N3O6S. The Morgan fingerprint density at radius 1 is 1.00 bits per heavy atom. The minimum atomic E-state index is -3.62. The summed E-state index contributed by atoms with van der Waals surface area (Å²) in [5.74, 6) is 0.810. The lowest BCUT2D eigenvalue weighted by atomic mass is 9.95. The van der Waals surface area contributed by atoms with Gasteiger partial charge >= 0.3 is 0 Å². The fourth-order valence-corrected chi connectivity index (χ4v) is 6.18. The highest BCUT2D eigenvalue weighted by Crippen LogP contribution is 2.30. The summed E-state index contributed by atoms with van der Waals surface area (Å²) in [5.41, 5.74) is 1.30. The third-order valence-electron chi connectivity index (χ3n) is 7.36. The minimum absolute atomic E-state index is 0.0878. The first kappa shape index (κ1) is 31.3. The van der Waals surface area contributed by atoms with Crippen LogP contribution in [0.25, 0.3) is 0 Å². The first-order valence-electron chi connectivity index (χ1n) is 14.0. The zero-order chi connectivity index (χ0) is 29.1. The number of amides is 2. The molecule has 0 aliphatic heterocycles. The molecule has 1 N–H and O–H groups in total. The molecule has 1 aliphatic rings. The quantitative estimate of drug-likeness (QED) is 0.357. The monoisotopic (exact) mass is 573 g/mol. The number of carbonyl (C=O) groups excluding carboxylic acids is 2. The average molecular weight is 574 g/mol. The highest BCUT2D eigenvalue weighted by atomic mass is 32.2. The molecule has 40 heavy (non-hydrogen) atoms. The first-order valence-corrected chi connectivity index (χ1v) is 15.9. The van der Waals surface area contributed by atoms with Gasteiger partial charge in [0.2, 0.25) is 21.8 Å². The smallest absolute Gasteiger partial charge is 0.243 e. The maximum atomic E-state index is 13.7. The molecule has 0 saturated heterocycles. The van der Waals surface area contributed by atoms with Gasteiger partial charge in [-0.05, 0) is 55.5 Å². The number of para-hydroxylation sites is 2. The number of rotatable bonds is 14. The SMILES string of the molecule is CC[C@H](C(=O)NC1CCCCC1)N(Cc1ccc(OC)cc1)C(=O)CCCN(c1ccccc1OC)S(C)(=O)=O. The van der Waals surface area contributed by atoms with Crippen LogP contribution in [0.1, 0.15) is 63.9 Å². The molecule has 0 unspecified atom stereocenters. The molecular weight excluding hydrogens is 530 g/mol. The van der Waals surface area contributed by atoms with Crippen molar-refractivity contribution in [1.82, 2.24) is 10.2 Å². The molecule has 2 amide bonds. The molecule has 2 aromatic rings. The number of anilines is 1. The molecule has 3 rings (SSSR count). The zero-order valence-electron chi connectivity index (χ0n) is 24.1. The van der Waals surface area contributed by atoms with Gasteiger partial charge in [0.1, 0.15) is 17.5 Å². The van der Waals surface area contributed by atoms with Crippen LogP contribution in [-0.2, 0) is 26.2 Å². The molecule has 0 aromatic heterocycles. The Balaban J connectivity index is 1.78. The van der Waals surface area contributed by atoms with Crippen LogP contribution in [-0.4, -0.2) is 64.2 Å². The molecule has 9 nitrogen and oxygen atoms in total. The Morgan fingerprint density at radius 2 is 1.68 bits per heavy atom. The highest BCUT2D eigenvalue weighted by Gasteiger charge is 2.30. The molecule has 1 saturated carbocycles. The first-order chi connectivity index (χ1) is 19.2. The average Bonchev–Trinajstić information content (AvgIpc) is 2.95. The van der Waals surface area contributed by atoms with Crippen molar-refractivity contribution >= 4 is 27.5 Å². The number of hydrogen-bond donors (Lipinski definition) is 1. The molecule has 0 heterocycles. The van der Waals surface area contributed by atoms with Gasteiger partial charge in [-0.25, -0.2) is 8.42 Å². The fraction of sp³-hybridized carbons (Fsp3) is 0.533. The standard InChI is InChI=1S/C30H43N3O6S/c1-5-26(30(35)31-24-12-7-6-8-13-24)32(22-23-17-19-25(38-2)20-18-23)29(34)16-11-21-33(40(4,36)37)27-14-9-10-15-28(27)39-3/h9-10,14-15,17-20,24,26H,5-8,11-13,16,21-22H2,1-4H3,(H,31,35)/t26-/m1/s1. The molecule has 1 atom stereocenters. The number of nitrogens with zero attached hydrogens (tertiary/aromatic N) is 2. The van der Waals surface area contributed by atoms with Crippen LogP contribution < -0.4 is 19.1 Å². The summed E-state index contributed by atoms with van der Waals surface area (Å²) in [6.07, 6.45) is 7.27. The van der Waals surface area contributed by atoms with Crippen LogP contribution >= 0.6 is 0 Å². The summed E-state index contributed by atoms with van der Waals surface area (Å²) in [6.45, 7) is 2.28. The normalized spacial score (nSPS) is 14.7. The summed E-state index contributed by atoms with van der Waals surface area (Å²) in [4.78, 5) is 28.7. The molecule has 2 aromatic carbocycles. The number of carbonyl (C=O) groups is 2. The van der Waals surface area contributed by atoms with Crippen molar-refractivity contribution < 1.29 is 27.5 Å². The van der Waals surface area contributed by atoms with Gasteiger partial charge in [-0.1, -0.05) is 50.5 Å². The van der Waals surface area contributed by atoms with Crippen LogP contribution in [0.4, 0.5) is 5.69 Å². The minimum Gasteiger partial charge on any atom is -0.497 e. The summed E-state index contributed by atoms with van der Waals surface area (Å²) < 4.78 is 37.2. The van der Waals surface area contributed by atoms with Gasteiger partial charge in [-0.2, -0.15) is 0 Å². The summed E-state index contributed by atoms with van der Waals surface area (Å²) in [7, 11) is -0.538. The summed E-state index contributed by atoms with van der Waals surface area (Å²) in [5, 5.41) is 3.18. The van der Waals surface area contributed by atoms with E-state index in [1.807, 2.05) is 31.2 Å². The number of methoxy groups -OCH3 is 2. The molecule has 1 fully saturated rings. The molecule has 0 radical (unpaired) electrons. The van der Waals surface area contributed by atoms with Gasteiger partial charge in [0.05, 0.1) is 26.2 Å². The lowest BCUT2D eigenvalue weighted by Gasteiger charge is -2.33. The van der Waals surface area contributed by atoms with Crippen molar-refractivity contribution in [2.75, 3.05) is 31.3 Å². The summed E-state index contributed by atoms with van der Waals surface area (Å²) >= 11 is 0. The van der Waals surface area contributed by atoms with E-state index < -0.39 is 16.1 Å². The van der Waals surface area contributed by atoms with E-state index in [1.165, 1.54) is 17.8 Å². The predicted octanol–water partition coefficient (Wildman–Crippen LogP) is 4.51. The second-order valence-electron chi connectivity index (χ2n) is 10.2. The highest BCUT2D eigenvalue weighted by molar-refractivity contribution is 7.92. The number of benzene rings is 2. The maximum absolute atomic E-state index is 13.7. The van der Waals surface area contributed by atoms with Gasteiger partial charge in [-0.3, -0.25) is 13.9 Å². The van der Waals surface area contributed by atoms with Crippen LogP contribution in [0.2, 0.25) is 0 Å². The third kappa shape index (κ3) is 8.61. The molecule has 10 heteroatoms. The van der Waals surface area contributed by atoms with Crippen LogP contribution in [0.15, 0.2) is 48.5 Å². The van der Waals surface area contributed by atoms with Crippen molar-refractivity contribution in [3.63, 3.8) is 0 Å². The Hall–Kier alpha value is -3.27. The van der Waals surface area contributed by atoms with E-state index in [9.17, 15) is 18.0 Å². The number of ether oxygens (including phenoxy) is 2. The van der Waals surface area contributed by atoms with Crippen molar-refractivity contribution in [2.45, 2.75) is 76.9 Å². The lowest BCUT2D eigenvalue weighted by molar-refractivity contribution is -0.141. The van der Waals surface area contributed by atoms with Gasteiger partial charge in [0, 0.05) is 25.6 Å². The number of nitrogens with one attached hydrogen (secondary N) is 1. The van der Waals surface area contributed by atoms with Gasteiger partial charge < -0.3 is 19.7 Å². The second-order valence-corrected chi connectivity index (χ2v) is 12.2. The van der Waals surface area contributed by atoms with E-state index >= 15 is 0 Å². The Kier molecular flexibility index (Phi) is 11.7. The lowest BCUT2D eigenvalue weighted by Crippen LogP contribution is -2.51. The topological polar surface area (TPSA) is 105 Å². The van der Waals surface area contributed by atoms with E-state index in [1.54, 1.807) is 36.3 Å². The largest absolute Gasteiger partial charge is 0.497 e. The van der Waals surface area contributed by atoms with Crippen molar-refractivity contribution in [1.29, 1.82) is 0 Å². The van der Waals surface area contributed by atoms with E-state index in [0.717, 1.165) is 37.5 Å². The zero-order valence-corrected chi connectivity index (χ0v) is 24.9. The Labute approximate surface area is 238 Å². The van der Waals surface area contributed by atoms with E-state index in [-0.39, 0.29) is 43.8 Å². The van der Waals surface area contributed by atoms with Crippen LogP contribution in [0, 0.1) is 0 Å². The van der Waals surface area contributed by atoms with E-state index in [0.29, 0.717) is 23.6 Å². The van der Waals surface area contributed by atoms with E-state index in [2.05, 4.69) is 5.32 Å². The van der Waals surface area contributed by atoms with Crippen LogP contribution in [0.5, 0.6) is 11.5 Å². The van der Waals surface area contributed by atoms with Crippen molar-refractivity contribution in [3.8, 4) is 11.5 Å². The summed E-state index contributed by atoms with van der Waals surface area (Å²) in [6, 6.07) is 13.8. The van der Waals surface area contributed by atoms with Gasteiger partial charge in [0.25, 0.3) is 0 Å². The van der Waals surface area contributed by atoms with Gasteiger partial charge in [-0.15, -0.1) is 0 Å². The fourth-order valence-electron chi connectivity index (χ4n) is 5.21. The van der Waals surface area contributed by atoms with E-state index in [4.69, 9.17) is 9.47 Å². The molecule has 0 bridgehead atoms. The molecule has 220 valence electrons. The predicted molar refractivity (Wildman–Crippen MR) is 157 cm³/mol. The Morgan fingerprint density at radius 3 is 2.27 bits per heavy atom. The van der Waals surface area contributed by atoms with Gasteiger partial charge in [0.15, 0.2) is 0 Å². The molecule has 1 aliphatic carbocycles. The second kappa shape index (κ2) is 14.9. The third-order valence-corrected chi connectivity index (χ3v) is 8.54.